The Kier molecular flexibility index (Phi) is 2.69. The summed E-state index contributed by atoms with van der Waals surface area (Å²) in [7, 11) is 2.04. The molecule has 1 saturated heterocycles. The van der Waals surface area contributed by atoms with Gasteiger partial charge in [0.25, 0.3) is 0 Å². The predicted molar refractivity (Wildman–Crippen MR) is 45.2 cm³/mol. The molecule has 62 valence electrons. The van der Waals surface area contributed by atoms with Crippen molar-refractivity contribution in [2.45, 2.75) is 19.3 Å². The number of rotatable bonds is 2. The molecule has 0 bridgehead atoms. The molecule has 1 aliphatic rings. The van der Waals surface area contributed by atoms with E-state index in [0.29, 0.717) is 12.3 Å². The lowest BCUT2D eigenvalue weighted by Crippen LogP contribution is -2.29. The van der Waals surface area contributed by atoms with Crippen molar-refractivity contribution in [3.63, 3.8) is 0 Å². The fourth-order valence-electron chi connectivity index (χ4n) is 1.57. The molecule has 0 aromatic heterocycles. The molecule has 1 atom stereocenters. The Hall–Kier alpha value is -0.790. The van der Waals surface area contributed by atoms with Crippen LogP contribution in [0.25, 0.3) is 0 Å². The minimum atomic E-state index is 0.409. The summed E-state index contributed by atoms with van der Waals surface area (Å²) in [6.07, 6.45) is 3.95. The van der Waals surface area contributed by atoms with Gasteiger partial charge in [0.05, 0.1) is 0 Å². The maximum atomic E-state index is 10.3. The van der Waals surface area contributed by atoms with Gasteiger partial charge in [0, 0.05) is 31.6 Å². The molecule has 2 nitrogen and oxygen atoms in total. The second-order valence-electron chi connectivity index (χ2n) is 3.15. The Morgan fingerprint density at radius 1 is 1.82 bits per heavy atom. The number of allylic oxidation sites excluding steroid dienone is 1. The minimum absolute atomic E-state index is 0.409. The SMILES string of the molecule is C=C1C(CC=O)CCCN1C. The first-order chi connectivity index (χ1) is 5.25. The average Bonchev–Trinajstić information content (AvgIpc) is 1.99. The van der Waals surface area contributed by atoms with E-state index >= 15 is 0 Å². The Balaban J connectivity index is 2.51. The van der Waals surface area contributed by atoms with Gasteiger partial charge in [-0.05, 0) is 12.8 Å². The molecule has 1 heterocycles. The van der Waals surface area contributed by atoms with Crippen LogP contribution in [0.3, 0.4) is 0 Å². The number of aldehydes is 1. The highest BCUT2D eigenvalue weighted by molar-refractivity contribution is 5.50. The van der Waals surface area contributed by atoms with Crippen LogP contribution in [0.1, 0.15) is 19.3 Å². The van der Waals surface area contributed by atoms with Gasteiger partial charge in [-0.25, -0.2) is 0 Å². The first-order valence-corrected chi connectivity index (χ1v) is 4.09. The van der Waals surface area contributed by atoms with Crippen LogP contribution in [0.5, 0.6) is 0 Å². The van der Waals surface area contributed by atoms with E-state index in [1.807, 2.05) is 7.05 Å². The van der Waals surface area contributed by atoms with Crippen LogP contribution in [0.4, 0.5) is 0 Å². The molecule has 11 heavy (non-hydrogen) atoms. The molecule has 1 aliphatic heterocycles. The van der Waals surface area contributed by atoms with Crippen molar-refractivity contribution in [3.8, 4) is 0 Å². The smallest absolute Gasteiger partial charge is 0.120 e. The van der Waals surface area contributed by atoms with Gasteiger partial charge in [-0.2, -0.15) is 0 Å². The van der Waals surface area contributed by atoms with Crippen LogP contribution in [-0.4, -0.2) is 24.8 Å². The van der Waals surface area contributed by atoms with Gasteiger partial charge in [-0.1, -0.05) is 6.58 Å². The van der Waals surface area contributed by atoms with E-state index in [-0.39, 0.29) is 0 Å². The van der Waals surface area contributed by atoms with Gasteiger partial charge < -0.3 is 9.69 Å². The van der Waals surface area contributed by atoms with E-state index in [2.05, 4.69) is 11.5 Å². The summed E-state index contributed by atoms with van der Waals surface area (Å²) in [5.41, 5.74) is 1.13. The van der Waals surface area contributed by atoms with E-state index in [0.717, 1.165) is 24.9 Å². The van der Waals surface area contributed by atoms with Crippen molar-refractivity contribution in [2.75, 3.05) is 13.6 Å². The number of carbonyl (C=O) groups excluding carboxylic acids is 1. The summed E-state index contributed by atoms with van der Waals surface area (Å²) >= 11 is 0. The number of hydrogen-bond acceptors (Lipinski definition) is 2. The van der Waals surface area contributed by atoms with Crippen LogP contribution in [-0.2, 0) is 4.79 Å². The maximum Gasteiger partial charge on any atom is 0.120 e. The van der Waals surface area contributed by atoms with Crippen molar-refractivity contribution >= 4 is 6.29 Å². The Labute approximate surface area is 67.9 Å². The van der Waals surface area contributed by atoms with Crippen molar-refractivity contribution in [2.24, 2.45) is 5.92 Å². The zero-order valence-corrected chi connectivity index (χ0v) is 7.05. The zero-order chi connectivity index (χ0) is 8.27. The molecular weight excluding hydrogens is 138 g/mol. The minimum Gasteiger partial charge on any atom is -0.378 e. The van der Waals surface area contributed by atoms with Gasteiger partial charge >= 0.3 is 0 Å². The van der Waals surface area contributed by atoms with Crippen molar-refractivity contribution in [3.05, 3.63) is 12.3 Å². The summed E-state index contributed by atoms with van der Waals surface area (Å²) in [6.45, 7) is 5.05. The van der Waals surface area contributed by atoms with Gasteiger partial charge in [0.2, 0.25) is 0 Å². The lowest BCUT2D eigenvalue weighted by atomic mass is 9.93. The van der Waals surface area contributed by atoms with Crippen LogP contribution in [0.15, 0.2) is 12.3 Å². The van der Waals surface area contributed by atoms with E-state index in [1.54, 1.807) is 0 Å². The summed E-state index contributed by atoms with van der Waals surface area (Å²) < 4.78 is 0. The monoisotopic (exact) mass is 153 g/mol. The van der Waals surface area contributed by atoms with Crippen LogP contribution in [0.2, 0.25) is 0 Å². The number of hydrogen-bond donors (Lipinski definition) is 0. The van der Waals surface area contributed by atoms with Gasteiger partial charge in [-0.15, -0.1) is 0 Å². The fraction of sp³-hybridized carbons (Fsp3) is 0.667. The standard InChI is InChI=1S/C9H15NO/c1-8-9(5-7-11)4-3-6-10(8)2/h7,9H,1,3-6H2,2H3. The summed E-state index contributed by atoms with van der Waals surface area (Å²) in [5, 5.41) is 0. The topological polar surface area (TPSA) is 20.3 Å². The molecule has 1 fully saturated rings. The third-order valence-corrected chi connectivity index (χ3v) is 2.39. The van der Waals surface area contributed by atoms with Crippen LogP contribution in [0, 0.1) is 5.92 Å². The molecule has 2 heteroatoms. The van der Waals surface area contributed by atoms with E-state index < -0.39 is 0 Å². The third kappa shape index (κ3) is 1.82. The summed E-state index contributed by atoms with van der Waals surface area (Å²) in [4.78, 5) is 12.4. The lowest BCUT2D eigenvalue weighted by molar-refractivity contribution is -0.108. The zero-order valence-electron chi connectivity index (χ0n) is 7.05. The number of nitrogens with zero attached hydrogens (tertiary/aromatic N) is 1. The molecule has 0 N–H and O–H groups in total. The van der Waals surface area contributed by atoms with Crippen LogP contribution >= 0.6 is 0 Å². The average molecular weight is 153 g/mol. The largest absolute Gasteiger partial charge is 0.378 e. The second kappa shape index (κ2) is 3.56. The van der Waals surface area contributed by atoms with E-state index in [4.69, 9.17) is 0 Å². The second-order valence-corrected chi connectivity index (χ2v) is 3.15. The third-order valence-electron chi connectivity index (χ3n) is 2.39. The number of carbonyl (C=O) groups is 1. The van der Waals surface area contributed by atoms with Crippen molar-refractivity contribution in [1.82, 2.24) is 4.90 Å². The maximum absolute atomic E-state index is 10.3. The molecule has 0 amide bonds. The highest BCUT2D eigenvalue weighted by atomic mass is 16.1. The highest BCUT2D eigenvalue weighted by Crippen LogP contribution is 2.25. The van der Waals surface area contributed by atoms with Crippen molar-refractivity contribution in [1.29, 1.82) is 0 Å². The van der Waals surface area contributed by atoms with Crippen LogP contribution < -0.4 is 0 Å². The Bertz CT molecular complexity index is 165. The molecule has 1 rings (SSSR count). The van der Waals surface area contributed by atoms with E-state index in [9.17, 15) is 4.79 Å². The molecule has 0 aromatic carbocycles. The first-order valence-electron chi connectivity index (χ1n) is 4.09. The molecule has 0 saturated carbocycles. The molecular formula is C9H15NO. The van der Waals surface area contributed by atoms with Gasteiger partial charge in [0.1, 0.15) is 6.29 Å². The van der Waals surface area contributed by atoms with Gasteiger partial charge in [-0.3, -0.25) is 0 Å². The lowest BCUT2D eigenvalue weighted by Gasteiger charge is -2.32. The highest BCUT2D eigenvalue weighted by Gasteiger charge is 2.19. The van der Waals surface area contributed by atoms with E-state index in [1.165, 1.54) is 6.42 Å². The first kappa shape index (κ1) is 8.31. The van der Waals surface area contributed by atoms with Gasteiger partial charge in [0.15, 0.2) is 0 Å². The number of likely N-dealkylation sites (tertiary alicyclic amines) is 1. The molecule has 1 unspecified atom stereocenters. The molecule has 0 aliphatic carbocycles. The normalized spacial score (nSPS) is 25.4. The summed E-state index contributed by atoms with van der Waals surface area (Å²) in [5.74, 6) is 0.409. The molecule has 0 spiro atoms. The summed E-state index contributed by atoms with van der Waals surface area (Å²) in [6, 6.07) is 0. The number of piperidine rings is 1. The Morgan fingerprint density at radius 3 is 3.18 bits per heavy atom. The fourth-order valence-corrected chi connectivity index (χ4v) is 1.57. The molecule has 0 aromatic rings. The predicted octanol–water partition coefficient (Wildman–Crippen LogP) is 1.43. The van der Waals surface area contributed by atoms with Crippen molar-refractivity contribution < 1.29 is 4.79 Å². The molecule has 0 radical (unpaired) electrons. The Morgan fingerprint density at radius 2 is 2.55 bits per heavy atom. The quantitative estimate of drug-likeness (QED) is 0.559.